The number of amides is 1. The first-order chi connectivity index (χ1) is 9.35. The fraction of sp³-hybridized carbons (Fsp3) is 0.467. The second-order valence-corrected chi connectivity index (χ2v) is 6.87. The Labute approximate surface area is 123 Å². The van der Waals surface area contributed by atoms with Gasteiger partial charge in [0.25, 0.3) is 0 Å². The number of nitrogens with one attached hydrogen (secondary N) is 1. The molecule has 4 nitrogen and oxygen atoms in total. The molecule has 0 aliphatic carbocycles. The molecule has 1 atom stereocenters. The van der Waals surface area contributed by atoms with Gasteiger partial charge in [0.05, 0.1) is 15.2 Å². The molecule has 1 aromatic carbocycles. The summed E-state index contributed by atoms with van der Waals surface area (Å²) in [7, 11) is 0. The third kappa shape index (κ3) is 3.93. The molecule has 0 saturated heterocycles. The van der Waals surface area contributed by atoms with Crippen LogP contribution in [0, 0.1) is 0 Å². The SMILES string of the molecule is CC(CNC(=O)OC(C)(C)C)c1nc2ccccc2s1. The summed E-state index contributed by atoms with van der Waals surface area (Å²) in [5.74, 6) is 0.167. The van der Waals surface area contributed by atoms with E-state index in [0.29, 0.717) is 6.54 Å². The smallest absolute Gasteiger partial charge is 0.407 e. The number of ether oxygens (including phenoxy) is 1. The Morgan fingerprint density at radius 2 is 2.10 bits per heavy atom. The van der Waals surface area contributed by atoms with Crippen molar-refractivity contribution >= 4 is 27.6 Å². The molecule has 1 heterocycles. The van der Waals surface area contributed by atoms with Crippen LogP contribution in [0.1, 0.15) is 38.6 Å². The van der Waals surface area contributed by atoms with Crippen LogP contribution < -0.4 is 5.32 Å². The van der Waals surface area contributed by atoms with Gasteiger partial charge < -0.3 is 10.1 Å². The average molecular weight is 292 g/mol. The number of aromatic nitrogens is 1. The van der Waals surface area contributed by atoms with Crippen molar-refractivity contribution < 1.29 is 9.53 Å². The Hall–Kier alpha value is -1.62. The molecule has 5 heteroatoms. The van der Waals surface area contributed by atoms with Crippen LogP contribution in [-0.2, 0) is 4.74 Å². The number of hydrogen-bond donors (Lipinski definition) is 1. The van der Waals surface area contributed by atoms with Crippen molar-refractivity contribution in [2.24, 2.45) is 0 Å². The molecule has 2 aromatic rings. The molecule has 0 radical (unpaired) electrons. The summed E-state index contributed by atoms with van der Waals surface area (Å²) in [6.45, 7) is 8.13. The molecule has 108 valence electrons. The summed E-state index contributed by atoms with van der Waals surface area (Å²) >= 11 is 1.67. The Balaban J connectivity index is 1.95. The highest BCUT2D eigenvalue weighted by Crippen LogP contribution is 2.26. The molecule has 2 rings (SSSR count). The normalized spacial score (nSPS) is 13.2. The van der Waals surface area contributed by atoms with E-state index in [1.807, 2.05) is 39.0 Å². The fourth-order valence-electron chi connectivity index (χ4n) is 1.74. The summed E-state index contributed by atoms with van der Waals surface area (Å²) in [5, 5.41) is 3.82. The standard InChI is InChI=1S/C15H20N2O2S/c1-10(9-16-14(18)19-15(2,3)4)13-17-11-7-5-6-8-12(11)20-13/h5-8,10H,9H2,1-4H3,(H,16,18). The molecular formula is C15H20N2O2S. The maximum Gasteiger partial charge on any atom is 0.407 e. The first-order valence-electron chi connectivity index (χ1n) is 6.67. The van der Waals surface area contributed by atoms with Crippen LogP contribution in [0.4, 0.5) is 4.79 Å². The molecule has 1 N–H and O–H groups in total. The lowest BCUT2D eigenvalue weighted by atomic mass is 10.2. The van der Waals surface area contributed by atoms with E-state index in [1.165, 1.54) is 4.70 Å². The maximum atomic E-state index is 11.6. The first kappa shape index (κ1) is 14.8. The molecule has 0 saturated carbocycles. The largest absolute Gasteiger partial charge is 0.444 e. The number of benzene rings is 1. The van der Waals surface area contributed by atoms with Gasteiger partial charge in [0.2, 0.25) is 0 Å². The average Bonchev–Trinajstić information content (AvgIpc) is 2.77. The summed E-state index contributed by atoms with van der Waals surface area (Å²) in [6.07, 6.45) is -0.384. The third-order valence-electron chi connectivity index (χ3n) is 2.68. The molecule has 0 spiro atoms. The monoisotopic (exact) mass is 292 g/mol. The number of fused-ring (bicyclic) bond motifs is 1. The van der Waals surface area contributed by atoms with Gasteiger partial charge in [-0.1, -0.05) is 19.1 Å². The van der Waals surface area contributed by atoms with Crippen LogP contribution in [0.3, 0.4) is 0 Å². The number of alkyl carbamates (subject to hydrolysis) is 1. The summed E-state index contributed by atoms with van der Waals surface area (Å²) < 4.78 is 6.39. The van der Waals surface area contributed by atoms with Crippen molar-refractivity contribution in [3.63, 3.8) is 0 Å². The van der Waals surface area contributed by atoms with Gasteiger partial charge in [-0.15, -0.1) is 11.3 Å². The van der Waals surface area contributed by atoms with E-state index in [2.05, 4.69) is 23.3 Å². The van der Waals surface area contributed by atoms with Crippen molar-refractivity contribution in [2.75, 3.05) is 6.54 Å². The number of rotatable bonds is 3. The minimum absolute atomic E-state index is 0.167. The predicted octanol–water partition coefficient (Wildman–Crippen LogP) is 3.92. The Morgan fingerprint density at radius 1 is 1.40 bits per heavy atom. The van der Waals surface area contributed by atoms with Gasteiger partial charge in [-0.2, -0.15) is 0 Å². The molecule has 1 amide bonds. The van der Waals surface area contributed by atoms with Gasteiger partial charge in [-0.05, 0) is 32.9 Å². The molecular weight excluding hydrogens is 272 g/mol. The Morgan fingerprint density at radius 3 is 2.75 bits per heavy atom. The van der Waals surface area contributed by atoms with E-state index in [1.54, 1.807) is 11.3 Å². The highest BCUT2D eigenvalue weighted by molar-refractivity contribution is 7.18. The number of hydrogen-bond acceptors (Lipinski definition) is 4. The second-order valence-electron chi connectivity index (χ2n) is 5.80. The van der Waals surface area contributed by atoms with Crippen LogP contribution in [0.2, 0.25) is 0 Å². The van der Waals surface area contributed by atoms with Gasteiger partial charge in [0, 0.05) is 12.5 Å². The van der Waals surface area contributed by atoms with E-state index in [0.717, 1.165) is 10.5 Å². The van der Waals surface area contributed by atoms with Crippen LogP contribution >= 0.6 is 11.3 Å². The molecule has 0 aliphatic rings. The number of nitrogens with zero attached hydrogens (tertiary/aromatic N) is 1. The number of carbonyl (C=O) groups is 1. The molecule has 0 bridgehead atoms. The number of thiazole rings is 1. The van der Waals surface area contributed by atoms with Crippen molar-refractivity contribution in [3.8, 4) is 0 Å². The van der Waals surface area contributed by atoms with Crippen molar-refractivity contribution in [3.05, 3.63) is 29.3 Å². The van der Waals surface area contributed by atoms with Crippen molar-refractivity contribution in [1.29, 1.82) is 0 Å². The van der Waals surface area contributed by atoms with Gasteiger partial charge in [-0.25, -0.2) is 9.78 Å². The zero-order chi connectivity index (χ0) is 14.8. The van der Waals surface area contributed by atoms with Crippen LogP contribution in [-0.4, -0.2) is 23.2 Å². The minimum atomic E-state index is -0.469. The minimum Gasteiger partial charge on any atom is -0.444 e. The van der Waals surface area contributed by atoms with Gasteiger partial charge in [-0.3, -0.25) is 0 Å². The summed E-state index contributed by atoms with van der Waals surface area (Å²) in [6, 6.07) is 8.05. The molecule has 1 aromatic heterocycles. The first-order valence-corrected chi connectivity index (χ1v) is 7.49. The van der Waals surface area contributed by atoms with E-state index < -0.39 is 5.60 Å². The van der Waals surface area contributed by atoms with Crippen LogP contribution in [0.15, 0.2) is 24.3 Å². The van der Waals surface area contributed by atoms with E-state index in [4.69, 9.17) is 4.74 Å². The second kappa shape index (κ2) is 5.79. The maximum absolute atomic E-state index is 11.6. The lowest BCUT2D eigenvalue weighted by Crippen LogP contribution is -2.34. The van der Waals surface area contributed by atoms with Crippen LogP contribution in [0.25, 0.3) is 10.2 Å². The van der Waals surface area contributed by atoms with E-state index in [-0.39, 0.29) is 12.0 Å². The molecule has 1 unspecified atom stereocenters. The van der Waals surface area contributed by atoms with Gasteiger partial charge >= 0.3 is 6.09 Å². The lowest BCUT2D eigenvalue weighted by Gasteiger charge is -2.20. The number of para-hydroxylation sites is 1. The quantitative estimate of drug-likeness (QED) is 0.932. The topological polar surface area (TPSA) is 51.2 Å². The van der Waals surface area contributed by atoms with Gasteiger partial charge in [0.15, 0.2) is 0 Å². The van der Waals surface area contributed by atoms with Crippen molar-refractivity contribution in [1.82, 2.24) is 10.3 Å². The van der Waals surface area contributed by atoms with Crippen LogP contribution in [0.5, 0.6) is 0 Å². The van der Waals surface area contributed by atoms with E-state index >= 15 is 0 Å². The highest BCUT2D eigenvalue weighted by Gasteiger charge is 2.17. The number of carbonyl (C=O) groups excluding carboxylic acids is 1. The Kier molecular flexibility index (Phi) is 4.28. The summed E-state index contributed by atoms with van der Waals surface area (Å²) in [5.41, 5.74) is 0.542. The zero-order valence-electron chi connectivity index (χ0n) is 12.3. The third-order valence-corrected chi connectivity index (χ3v) is 3.95. The predicted molar refractivity (Wildman–Crippen MR) is 82.3 cm³/mol. The molecule has 0 fully saturated rings. The highest BCUT2D eigenvalue weighted by atomic mass is 32.1. The lowest BCUT2D eigenvalue weighted by molar-refractivity contribution is 0.0525. The van der Waals surface area contributed by atoms with Crippen molar-refractivity contribution in [2.45, 2.75) is 39.2 Å². The van der Waals surface area contributed by atoms with Gasteiger partial charge in [0.1, 0.15) is 5.60 Å². The molecule has 0 aliphatic heterocycles. The van der Waals surface area contributed by atoms with E-state index in [9.17, 15) is 4.79 Å². The molecule has 20 heavy (non-hydrogen) atoms. The Bertz CT molecular complexity index is 568. The zero-order valence-corrected chi connectivity index (χ0v) is 13.1. The fourth-order valence-corrected chi connectivity index (χ4v) is 2.76. The summed E-state index contributed by atoms with van der Waals surface area (Å²) in [4.78, 5) is 16.2.